The predicted molar refractivity (Wildman–Crippen MR) is 82.8 cm³/mol. The summed E-state index contributed by atoms with van der Waals surface area (Å²) in [7, 11) is 1.65. The molecule has 0 radical (unpaired) electrons. The molecule has 4 nitrogen and oxygen atoms in total. The Morgan fingerprint density at radius 2 is 1.95 bits per heavy atom. The molecule has 3 rings (SSSR count). The minimum Gasteiger partial charge on any atom is -0.497 e. The first kappa shape index (κ1) is 13.7. The van der Waals surface area contributed by atoms with Crippen LogP contribution in [-0.4, -0.2) is 18.7 Å². The maximum Gasteiger partial charge on any atom is 0.129 e. The van der Waals surface area contributed by atoms with Gasteiger partial charge in [-0.25, -0.2) is 4.98 Å². The molecule has 0 aliphatic heterocycles. The molecule has 1 aromatic heterocycles. The number of pyridine rings is 1. The van der Waals surface area contributed by atoms with E-state index in [-0.39, 0.29) is 0 Å². The molecule has 1 heterocycles. The lowest BCUT2D eigenvalue weighted by molar-refractivity contribution is 0.299. The first-order valence-electron chi connectivity index (χ1n) is 7.29. The third-order valence-electron chi connectivity index (χ3n) is 3.55. The molecule has 0 saturated heterocycles. The van der Waals surface area contributed by atoms with Crippen molar-refractivity contribution in [3.05, 3.63) is 48.2 Å². The van der Waals surface area contributed by atoms with E-state index in [1.165, 1.54) is 18.4 Å². The SMILES string of the molecule is COc1ccnc(NCc2ccc(OCC3CC3)cc2)c1. The Morgan fingerprint density at radius 3 is 2.67 bits per heavy atom. The van der Waals surface area contributed by atoms with Crippen molar-refractivity contribution in [2.24, 2.45) is 5.92 Å². The largest absolute Gasteiger partial charge is 0.497 e. The summed E-state index contributed by atoms with van der Waals surface area (Å²) in [6.07, 6.45) is 4.36. The van der Waals surface area contributed by atoms with E-state index in [1.54, 1.807) is 13.3 Å². The van der Waals surface area contributed by atoms with Crippen LogP contribution in [0.4, 0.5) is 5.82 Å². The van der Waals surface area contributed by atoms with Crippen molar-refractivity contribution >= 4 is 5.82 Å². The zero-order valence-electron chi connectivity index (χ0n) is 12.2. The third kappa shape index (κ3) is 4.12. The normalized spacial score (nSPS) is 13.8. The molecule has 0 unspecified atom stereocenters. The summed E-state index contributed by atoms with van der Waals surface area (Å²) in [5, 5.41) is 3.28. The monoisotopic (exact) mass is 284 g/mol. The van der Waals surface area contributed by atoms with E-state index in [1.807, 2.05) is 24.3 Å². The zero-order chi connectivity index (χ0) is 14.5. The second kappa shape index (κ2) is 6.48. The van der Waals surface area contributed by atoms with Gasteiger partial charge < -0.3 is 14.8 Å². The molecule has 0 amide bonds. The number of aromatic nitrogens is 1. The molecule has 0 atom stereocenters. The number of nitrogens with zero attached hydrogens (tertiary/aromatic N) is 1. The molecule has 2 aromatic rings. The number of methoxy groups -OCH3 is 1. The highest BCUT2D eigenvalue weighted by Gasteiger charge is 2.21. The van der Waals surface area contributed by atoms with Crippen LogP contribution in [0.15, 0.2) is 42.6 Å². The Bertz CT molecular complexity index is 580. The molecular weight excluding hydrogens is 264 g/mol. The Labute approximate surface area is 125 Å². The highest BCUT2D eigenvalue weighted by Crippen LogP contribution is 2.29. The number of benzene rings is 1. The van der Waals surface area contributed by atoms with Gasteiger partial charge in [0.05, 0.1) is 13.7 Å². The minimum absolute atomic E-state index is 0.725. The maximum atomic E-state index is 5.73. The standard InChI is InChI=1S/C17H20N2O2/c1-20-16-8-9-18-17(10-16)19-11-13-4-6-15(7-5-13)21-12-14-2-3-14/h4-10,14H,2-3,11-12H2,1H3,(H,18,19). The van der Waals surface area contributed by atoms with Crippen LogP contribution in [0.5, 0.6) is 11.5 Å². The Balaban J connectivity index is 1.52. The smallest absolute Gasteiger partial charge is 0.129 e. The van der Waals surface area contributed by atoms with Crippen LogP contribution in [0, 0.1) is 5.92 Å². The van der Waals surface area contributed by atoms with Crippen LogP contribution in [-0.2, 0) is 6.54 Å². The highest BCUT2D eigenvalue weighted by molar-refractivity contribution is 5.41. The minimum atomic E-state index is 0.725. The van der Waals surface area contributed by atoms with E-state index in [2.05, 4.69) is 22.4 Å². The third-order valence-corrected chi connectivity index (χ3v) is 3.55. The first-order chi connectivity index (χ1) is 10.3. The van der Waals surface area contributed by atoms with Gasteiger partial charge in [0, 0.05) is 18.8 Å². The summed E-state index contributed by atoms with van der Waals surface area (Å²) < 4.78 is 10.9. The average Bonchev–Trinajstić information content (AvgIpc) is 3.36. The van der Waals surface area contributed by atoms with Gasteiger partial charge in [0.1, 0.15) is 17.3 Å². The number of hydrogen-bond acceptors (Lipinski definition) is 4. The number of anilines is 1. The van der Waals surface area contributed by atoms with Crippen molar-refractivity contribution in [1.29, 1.82) is 0 Å². The molecular formula is C17H20N2O2. The lowest BCUT2D eigenvalue weighted by Gasteiger charge is -2.09. The molecule has 21 heavy (non-hydrogen) atoms. The van der Waals surface area contributed by atoms with Crippen molar-refractivity contribution in [3.8, 4) is 11.5 Å². The van der Waals surface area contributed by atoms with Gasteiger partial charge in [0.15, 0.2) is 0 Å². The maximum absolute atomic E-state index is 5.73. The van der Waals surface area contributed by atoms with E-state index >= 15 is 0 Å². The van der Waals surface area contributed by atoms with Crippen LogP contribution in [0.25, 0.3) is 0 Å². The van der Waals surface area contributed by atoms with Gasteiger partial charge in [-0.15, -0.1) is 0 Å². The number of rotatable bonds is 7. The van der Waals surface area contributed by atoms with Gasteiger partial charge in [0.25, 0.3) is 0 Å². The predicted octanol–water partition coefficient (Wildman–Crippen LogP) is 3.49. The van der Waals surface area contributed by atoms with E-state index in [0.717, 1.165) is 36.4 Å². The summed E-state index contributed by atoms with van der Waals surface area (Å²) >= 11 is 0. The van der Waals surface area contributed by atoms with Crippen molar-refractivity contribution in [2.75, 3.05) is 19.0 Å². The van der Waals surface area contributed by atoms with Crippen LogP contribution >= 0.6 is 0 Å². The summed E-state index contributed by atoms with van der Waals surface area (Å²) in [6, 6.07) is 11.9. The van der Waals surface area contributed by atoms with Gasteiger partial charge in [-0.1, -0.05) is 12.1 Å². The van der Waals surface area contributed by atoms with Gasteiger partial charge in [-0.3, -0.25) is 0 Å². The van der Waals surface area contributed by atoms with Gasteiger partial charge >= 0.3 is 0 Å². The molecule has 1 aliphatic carbocycles. The summed E-state index contributed by atoms with van der Waals surface area (Å²) in [6.45, 7) is 1.58. The van der Waals surface area contributed by atoms with Crippen LogP contribution in [0.2, 0.25) is 0 Å². The lowest BCUT2D eigenvalue weighted by Crippen LogP contribution is -2.02. The Morgan fingerprint density at radius 1 is 1.14 bits per heavy atom. The fraction of sp³-hybridized carbons (Fsp3) is 0.353. The van der Waals surface area contributed by atoms with E-state index in [9.17, 15) is 0 Å². The first-order valence-corrected chi connectivity index (χ1v) is 7.29. The van der Waals surface area contributed by atoms with Crippen LogP contribution in [0.3, 0.4) is 0 Å². The van der Waals surface area contributed by atoms with Crippen molar-refractivity contribution in [1.82, 2.24) is 4.98 Å². The van der Waals surface area contributed by atoms with E-state index < -0.39 is 0 Å². The van der Waals surface area contributed by atoms with Gasteiger partial charge in [0.2, 0.25) is 0 Å². The van der Waals surface area contributed by atoms with E-state index in [4.69, 9.17) is 9.47 Å². The molecule has 110 valence electrons. The van der Waals surface area contributed by atoms with E-state index in [0.29, 0.717) is 0 Å². The fourth-order valence-electron chi connectivity index (χ4n) is 2.03. The quantitative estimate of drug-likeness (QED) is 0.845. The number of nitrogens with one attached hydrogen (secondary N) is 1. The second-order valence-electron chi connectivity index (χ2n) is 5.33. The molecule has 1 N–H and O–H groups in total. The molecule has 1 saturated carbocycles. The zero-order valence-corrected chi connectivity index (χ0v) is 12.2. The average molecular weight is 284 g/mol. The van der Waals surface area contributed by atoms with Crippen LogP contribution in [0.1, 0.15) is 18.4 Å². The fourth-order valence-corrected chi connectivity index (χ4v) is 2.03. The molecule has 1 fully saturated rings. The summed E-state index contributed by atoms with van der Waals surface area (Å²) in [4.78, 5) is 4.26. The molecule has 1 aliphatic rings. The molecule has 1 aromatic carbocycles. The van der Waals surface area contributed by atoms with Crippen LogP contribution < -0.4 is 14.8 Å². The summed E-state index contributed by atoms with van der Waals surface area (Å²) in [5.41, 5.74) is 1.19. The summed E-state index contributed by atoms with van der Waals surface area (Å²) in [5.74, 6) is 3.34. The Hall–Kier alpha value is -2.23. The van der Waals surface area contributed by atoms with Gasteiger partial charge in [-0.2, -0.15) is 0 Å². The topological polar surface area (TPSA) is 43.4 Å². The highest BCUT2D eigenvalue weighted by atomic mass is 16.5. The molecule has 4 heteroatoms. The number of hydrogen-bond donors (Lipinski definition) is 1. The Kier molecular flexibility index (Phi) is 4.24. The van der Waals surface area contributed by atoms with Crippen molar-refractivity contribution in [3.63, 3.8) is 0 Å². The molecule has 0 spiro atoms. The van der Waals surface area contributed by atoms with Crippen molar-refractivity contribution in [2.45, 2.75) is 19.4 Å². The van der Waals surface area contributed by atoms with Crippen molar-refractivity contribution < 1.29 is 9.47 Å². The van der Waals surface area contributed by atoms with Gasteiger partial charge in [-0.05, 0) is 42.5 Å². The lowest BCUT2D eigenvalue weighted by atomic mass is 10.2. The number of ether oxygens (including phenoxy) is 2. The second-order valence-corrected chi connectivity index (χ2v) is 5.33. The molecule has 0 bridgehead atoms.